The minimum Gasteiger partial charge on any atom is -1.00 e. The molecule has 1 aromatic heterocycles. The highest BCUT2D eigenvalue weighted by atomic mass is 127. The number of carbonyl (C=O) groups excluding carboxylic acids is 1. The zero-order chi connectivity index (χ0) is 21.6. The highest BCUT2D eigenvalue weighted by Gasteiger charge is 2.19. The molecule has 3 nitrogen and oxygen atoms in total. The van der Waals surface area contributed by atoms with Gasteiger partial charge in [-0.15, -0.1) is 0 Å². The summed E-state index contributed by atoms with van der Waals surface area (Å²) >= 11 is 1.80. The van der Waals surface area contributed by atoms with E-state index in [4.69, 9.17) is 0 Å². The van der Waals surface area contributed by atoms with Crippen molar-refractivity contribution in [2.45, 2.75) is 20.4 Å². The summed E-state index contributed by atoms with van der Waals surface area (Å²) in [5.74, 6) is -0.0205. The number of halogens is 1. The van der Waals surface area contributed by atoms with Gasteiger partial charge in [-0.1, -0.05) is 72.0 Å². The lowest BCUT2D eigenvalue weighted by Crippen LogP contribution is -3.00. The molecule has 4 rings (SSSR count). The summed E-state index contributed by atoms with van der Waals surface area (Å²) in [6.07, 6.45) is 11.8. The summed E-state index contributed by atoms with van der Waals surface area (Å²) in [4.78, 5) is 13.6. The van der Waals surface area contributed by atoms with Gasteiger partial charge in [0.05, 0.1) is 5.39 Å². The molecule has 1 amide bonds. The Hall–Kier alpha value is -2.77. The smallest absolute Gasteiger partial charge is 0.262 e. The molecule has 0 radical (unpaired) electrons. The third-order valence-corrected chi connectivity index (χ3v) is 6.23. The second-order valence-electron chi connectivity index (χ2n) is 7.13. The van der Waals surface area contributed by atoms with E-state index in [1.807, 2.05) is 54.6 Å². The lowest BCUT2D eigenvalue weighted by atomic mass is 10.1. The summed E-state index contributed by atoms with van der Waals surface area (Å²) in [6.45, 7) is 4.67. The lowest BCUT2D eigenvalue weighted by molar-refractivity contribution is -0.664. The van der Waals surface area contributed by atoms with E-state index in [0.717, 1.165) is 12.2 Å². The number of benzene rings is 3. The molecule has 0 unspecified atom stereocenters. The van der Waals surface area contributed by atoms with E-state index in [1.165, 1.54) is 26.0 Å². The normalized spacial score (nSPS) is 11.7. The topological polar surface area (TPSA) is 24.2 Å². The van der Waals surface area contributed by atoms with Gasteiger partial charge < -0.3 is 24.0 Å². The van der Waals surface area contributed by atoms with Crippen LogP contribution in [0.25, 0.3) is 27.1 Å². The molecule has 0 aliphatic rings. The van der Waals surface area contributed by atoms with E-state index in [0.29, 0.717) is 0 Å². The fourth-order valence-electron chi connectivity index (χ4n) is 3.68. The highest BCUT2D eigenvalue weighted by Crippen LogP contribution is 2.28. The summed E-state index contributed by atoms with van der Waals surface area (Å²) in [6, 6.07) is 22.6. The molecule has 0 spiro atoms. The van der Waals surface area contributed by atoms with Gasteiger partial charge in [-0.25, -0.2) is 0 Å². The summed E-state index contributed by atoms with van der Waals surface area (Å²) in [7, 11) is 0. The molecule has 0 bridgehead atoms. The van der Waals surface area contributed by atoms with Crippen LogP contribution in [0.5, 0.6) is 0 Å². The molecule has 0 N–H and O–H groups in total. The van der Waals surface area contributed by atoms with Crippen LogP contribution in [0, 0.1) is 0 Å². The number of rotatable bonds is 6. The predicted octanol–water partition coefficient (Wildman–Crippen LogP) is 3.50. The number of thiazole rings is 1. The number of aromatic nitrogens is 1. The third-order valence-electron chi connectivity index (χ3n) is 5.11. The fourth-order valence-corrected chi connectivity index (χ4v) is 4.83. The number of hydrogen-bond acceptors (Lipinski definition) is 2. The van der Waals surface area contributed by atoms with Crippen molar-refractivity contribution in [1.29, 1.82) is 0 Å². The van der Waals surface area contributed by atoms with Crippen molar-refractivity contribution < 1.29 is 33.3 Å². The first-order valence-electron chi connectivity index (χ1n) is 10.4. The average molecular weight is 552 g/mol. The van der Waals surface area contributed by atoms with E-state index in [1.54, 1.807) is 29.4 Å². The molecule has 0 aliphatic heterocycles. The first kappa shape index (κ1) is 23.9. The van der Waals surface area contributed by atoms with Gasteiger partial charge in [0, 0.05) is 24.9 Å². The zero-order valence-electron chi connectivity index (χ0n) is 18.1. The first-order valence-corrected chi connectivity index (χ1v) is 11.2. The van der Waals surface area contributed by atoms with Crippen LogP contribution in [0.1, 0.15) is 18.9 Å². The van der Waals surface area contributed by atoms with E-state index >= 15 is 0 Å². The summed E-state index contributed by atoms with van der Waals surface area (Å²) < 4.78 is 3.67. The van der Waals surface area contributed by atoms with Gasteiger partial charge in [-0.3, -0.25) is 9.69 Å². The van der Waals surface area contributed by atoms with E-state index < -0.39 is 0 Å². The van der Waals surface area contributed by atoms with Crippen LogP contribution in [0.4, 0.5) is 5.69 Å². The Morgan fingerprint density at radius 3 is 2.41 bits per heavy atom. The van der Waals surface area contributed by atoms with Gasteiger partial charge in [0.1, 0.15) is 11.2 Å². The van der Waals surface area contributed by atoms with Gasteiger partial charge in [-0.05, 0) is 42.7 Å². The number of allylic oxidation sites excluding steroid dienone is 4. The van der Waals surface area contributed by atoms with Crippen LogP contribution in [-0.2, 0) is 11.3 Å². The second-order valence-corrected chi connectivity index (χ2v) is 8.19. The third kappa shape index (κ3) is 5.16. The predicted molar refractivity (Wildman–Crippen MR) is 132 cm³/mol. The summed E-state index contributed by atoms with van der Waals surface area (Å²) in [5, 5.41) is 3.78. The Morgan fingerprint density at radius 1 is 0.938 bits per heavy atom. The number of anilines is 1. The number of aryl methyl sites for hydroxylation is 1. The highest BCUT2D eigenvalue weighted by molar-refractivity contribution is 7.19. The number of carbonyl (C=O) groups is 1. The van der Waals surface area contributed by atoms with Crippen molar-refractivity contribution in [3.63, 3.8) is 0 Å². The molecule has 0 aliphatic carbocycles. The van der Waals surface area contributed by atoms with Crippen molar-refractivity contribution in [1.82, 2.24) is 0 Å². The molecule has 3 aromatic carbocycles. The molecule has 0 atom stereocenters. The summed E-state index contributed by atoms with van der Waals surface area (Å²) in [5.41, 5.74) is 2.16. The molecule has 0 saturated carbocycles. The molecule has 4 aromatic rings. The van der Waals surface area contributed by atoms with Crippen molar-refractivity contribution in [3.8, 4) is 0 Å². The Balaban J connectivity index is 0.00000289. The number of hydrogen-bond donors (Lipinski definition) is 0. The largest absolute Gasteiger partial charge is 1.00 e. The van der Waals surface area contributed by atoms with Gasteiger partial charge in [0.15, 0.2) is 0 Å². The number of amides is 1. The van der Waals surface area contributed by atoms with Crippen LogP contribution in [-0.4, -0.2) is 5.91 Å². The Bertz CT molecular complexity index is 1310. The van der Waals surface area contributed by atoms with E-state index in [-0.39, 0.29) is 29.9 Å². The van der Waals surface area contributed by atoms with Crippen LogP contribution in [0.2, 0.25) is 0 Å². The molecule has 32 heavy (non-hydrogen) atoms. The average Bonchev–Trinajstić information content (AvgIpc) is 3.16. The van der Waals surface area contributed by atoms with Crippen molar-refractivity contribution in [2.75, 3.05) is 4.90 Å². The van der Waals surface area contributed by atoms with Gasteiger partial charge >= 0.3 is 0 Å². The molecule has 1 heterocycles. The Morgan fingerprint density at radius 2 is 1.66 bits per heavy atom. The number of nitrogens with zero attached hydrogens (tertiary/aromatic N) is 2. The van der Waals surface area contributed by atoms with Crippen LogP contribution < -0.4 is 33.4 Å². The van der Waals surface area contributed by atoms with E-state index in [2.05, 4.69) is 54.0 Å². The van der Waals surface area contributed by atoms with Crippen LogP contribution >= 0.6 is 11.3 Å². The maximum atomic E-state index is 11.9. The van der Waals surface area contributed by atoms with Crippen LogP contribution in [0.3, 0.4) is 0 Å². The SMILES string of the molecule is CC[n+]1c(/C=C/C=C/C=C/N(C(C)=O)c2ccccc2)sc2ccc3ccccc3c21.[I-]. The molecular formula is C27H25IN2OS. The maximum absolute atomic E-state index is 11.9. The Labute approximate surface area is 210 Å². The number of fused-ring (bicyclic) bond motifs is 3. The standard InChI is InChI=1S/C27H25N2OS.HI/c1-3-28-26(31-25-19-18-22-13-10-11-16-24(22)27(25)28)17-9-4-5-12-20-29(21(2)30)23-14-7-6-8-15-23;/h4-20H,3H2,1-2H3;1H/q+1;/p-1. The van der Waals surface area contributed by atoms with Gasteiger partial charge in [0.2, 0.25) is 11.4 Å². The van der Waals surface area contributed by atoms with Crippen molar-refractivity contribution in [3.05, 3.63) is 102 Å². The molecule has 0 saturated heterocycles. The van der Waals surface area contributed by atoms with Gasteiger partial charge in [-0.2, -0.15) is 4.57 Å². The molecule has 162 valence electrons. The maximum Gasteiger partial charge on any atom is 0.262 e. The monoisotopic (exact) mass is 552 g/mol. The lowest BCUT2D eigenvalue weighted by Gasteiger charge is -2.15. The van der Waals surface area contributed by atoms with Crippen molar-refractivity contribution >= 4 is 50.0 Å². The first-order chi connectivity index (χ1) is 15.2. The quantitative estimate of drug-likeness (QED) is 0.204. The van der Waals surface area contributed by atoms with Crippen LogP contribution in [0.15, 0.2) is 97.2 Å². The number of para-hydroxylation sites is 1. The van der Waals surface area contributed by atoms with Crippen molar-refractivity contribution in [2.24, 2.45) is 0 Å². The van der Waals surface area contributed by atoms with Gasteiger partial charge in [0.25, 0.3) is 5.01 Å². The van der Waals surface area contributed by atoms with E-state index in [9.17, 15) is 4.79 Å². The minimum absolute atomic E-state index is 0. The molecular weight excluding hydrogens is 527 g/mol. The molecule has 5 heteroatoms. The zero-order valence-corrected chi connectivity index (χ0v) is 21.1. The minimum atomic E-state index is -0.0205. The molecule has 0 fully saturated rings. The second kappa shape index (κ2) is 11.2. The fraction of sp³-hybridized carbons (Fsp3) is 0.111. The Kier molecular flexibility index (Phi) is 8.36.